The van der Waals surface area contributed by atoms with E-state index in [1.807, 2.05) is 17.8 Å². The van der Waals surface area contributed by atoms with E-state index in [0.717, 1.165) is 10.7 Å². The molecule has 2 aromatic rings. The van der Waals surface area contributed by atoms with E-state index < -0.39 is 0 Å². The molecule has 104 valence electrons. The normalized spacial score (nSPS) is 9.90. The summed E-state index contributed by atoms with van der Waals surface area (Å²) in [6.07, 6.45) is 3.97. The highest BCUT2D eigenvalue weighted by atomic mass is 32.1. The second-order valence-electron chi connectivity index (χ2n) is 4.11. The summed E-state index contributed by atoms with van der Waals surface area (Å²) in [7, 11) is 1.88. The van der Waals surface area contributed by atoms with Crippen LogP contribution in [0.5, 0.6) is 0 Å². The first kappa shape index (κ1) is 14.3. The number of nitrogens with one attached hydrogen (secondary N) is 1. The van der Waals surface area contributed by atoms with Crippen LogP contribution in [0.4, 0.5) is 0 Å². The molecule has 0 atom stereocenters. The number of aryl methyl sites for hydroxylation is 1. The molecule has 5 nitrogen and oxygen atoms in total. The number of hydrogen-bond acceptors (Lipinski definition) is 4. The minimum atomic E-state index is -0.139. The van der Waals surface area contributed by atoms with Gasteiger partial charge in [-0.2, -0.15) is 0 Å². The number of carbonyl (C=O) groups excluding carboxylic acids is 1. The summed E-state index contributed by atoms with van der Waals surface area (Å²) in [5, 5.41) is 13.2. The van der Waals surface area contributed by atoms with Crippen molar-refractivity contribution in [2.24, 2.45) is 7.05 Å². The molecule has 6 heteroatoms. The van der Waals surface area contributed by atoms with Crippen molar-refractivity contribution >= 4 is 17.2 Å². The fourth-order valence-corrected chi connectivity index (χ4v) is 2.31. The highest BCUT2D eigenvalue weighted by molar-refractivity contribution is 7.10. The molecule has 0 bridgehead atoms. The van der Waals surface area contributed by atoms with Gasteiger partial charge in [0.1, 0.15) is 5.82 Å². The lowest BCUT2D eigenvalue weighted by Crippen LogP contribution is -2.23. The SMILES string of the molecule is Cn1ccnc1CNC(=O)c1csc(C#CCCO)c1. The van der Waals surface area contributed by atoms with Crippen LogP contribution in [0.25, 0.3) is 0 Å². The third-order valence-electron chi connectivity index (χ3n) is 2.64. The number of rotatable bonds is 4. The number of amides is 1. The van der Waals surface area contributed by atoms with Gasteiger partial charge in [-0.3, -0.25) is 4.79 Å². The van der Waals surface area contributed by atoms with Crippen LogP contribution in [0.3, 0.4) is 0 Å². The number of thiophene rings is 1. The van der Waals surface area contributed by atoms with E-state index in [2.05, 4.69) is 22.1 Å². The summed E-state index contributed by atoms with van der Waals surface area (Å²) in [5.41, 5.74) is 0.595. The number of aliphatic hydroxyl groups excluding tert-OH is 1. The van der Waals surface area contributed by atoms with Gasteiger partial charge in [-0.1, -0.05) is 11.8 Å². The first-order valence-corrected chi connectivity index (χ1v) is 7.01. The number of imidazole rings is 1. The number of nitrogens with zero attached hydrogens (tertiary/aromatic N) is 2. The fraction of sp³-hybridized carbons (Fsp3) is 0.286. The average molecular weight is 289 g/mol. The predicted molar refractivity (Wildman–Crippen MR) is 77.3 cm³/mol. The van der Waals surface area contributed by atoms with E-state index in [4.69, 9.17) is 5.11 Å². The second kappa shape index (κ2) is 6.89. The Morgan fingerprint density at radius 1 is 1.60 bits per heavy atom. The number of hydrogen-bond donors (Lipinski definition) is 2. The van der Waals surface area contributed by atoms with Crippen molar-refractivity contribution in [2.75, 3.05) is 6.61 Å². The lowest BCUT2D eigenvalue weighted by molar-refractivity contribution is 0.0950. The van der Waals surface area contributed by atoms with Gasteiger partial charge in [-0.05, 0) is 6.07 Å². The highest BCUT2D eigenvalue weighted by Crippen LogP contribution is 2.13. The quantitative estimate of drug-likeness (QED) is 0.830. The van der Waals surface area contributed by atoms with Crippen molar-refractivity contribution in [2.45, 2.75) is 13.0 Å². The number of aromatic nitrogens is 2. The standard InChI is InChI=1S/C14H15N3O2S/c1-17-6-5-15-13(17)9-16-14(19)11-8-12(20-10-11)4-2-3-7-18/h5-6,8,10,18H,3,7,9H2,1H3,(H,16,19). The molecule has 1 amide bonds. The zero-order chi connectivity index (χ0) is 14.4. The lowest BCUT2D eigenvalue weighted by atomic mass is 10.3. The molecule has 0 radical (unpaired) electrons. The fourth-order valence-electron chi connectivity index (χ4n) is 1.55. The average Bonchev–Trinajstić information content (AvgIpc) is 3.06. The Balaban J connectivity index is 1.93. The minimum Gasteiger partial charge on any atom is -0.395 e. The van der Waals surface area contributed by atoms with Crippen molar-refractivity contribution in [1.29, 1.82) is 0 Å². The van der Waals surface area contributed by atoms with Crippen LogP contribution in [0, 0.1) is 11.8 Å². The third kappa shape index (κ3) is 3.70. The first-order chi connectivity index (χ1) is 9.70. The van der Waals surface area contributed by atoms with Crippen LogP contribution in [-0.2, 0) is 13.6 Å². The second-order valence-corrected chi connectivity index (χ2v) is 5.02. The van der Waals surface area contributed by atoms with Crippen LogP contribution in [-0.4, -0.2) is 27.2 Å². The molecule has 2 aromatic heterocycles. The predicted octanol–water partition coefficient (Wildman–Crippen LogP) is 1.15. The van der Waals surface area contributed by atoms with Crippen molar-refractivity contribution in [3.8, 4) is 11.8 Å². The Hall–Kier alpha value is -2.10. The van der Waals surface area contributed by atoms with Crippen LogP contribution < -0.4 is 5.32 Å². The van der Waals surface area contributed by atoms with E-state index in [-0.39, 0.29) is 12.5 Å². The zero-order valence-electron chi connectivity index (χ0n) is 11.1. The van der Waals surface area contributed by atoms with E-state index in [9.17, 15) is 4.79 Å². The molecule has 0 saturated heterocycles. The molecule has 0 aliphatic carbocycles. The van der Waals surface area contributed by atoms with Gasteiger partial charge in [0.05, 0.1) is 23.6 Å². The van der Waals surface area contributed by atoms with E-state index >= 15 is 0 Å². The summed E-state index contributed by atoms with van der Waals surface area (Å²) < 4.78 is 1.86. The molecule has 0 aliphatic heterocycles. The molecule has 2 N–H and O–H groups in total. The van der Waals surface area contributed by atoms with Gasteiger partial charge in [0.2, 0.25) is 0 Å². The van der Waals surface area contributed by atoms with Gasteiger partial charge in [0, 0.05) is 31.2 Å². The monoisotopic (exact) mass is 289 g/mol. The molecule has 0 aliphatic rings. The maximum absolute atomic E-state index is 12.0. The maximum atomic E-state index is 12.0. The van der Waals surface area contributed by atoms with Crippen LogP contribution in [0.1, 0.15) is 27.5 Å². The molecule has 0 saturated carbocycles. The molecular weight excluding hydrogens is 274 g/mol. The molecular formula is C14H15N3O2S. The van der Waals surface area contributed by atoms with Gasteiger partial charge < -0.3 is 15.0 Å². The van der Waals surface area contributed by atoms with Crippen molar-refractivity contribution in [3.05, 3.63) is 40.1 Å². The summed E-state index contributed by atoms with van der Waals surface area (Å²) >= 11 is 1.42. The van der Waals surface area contributed by atoms with E-state index in [1.54, 1.807) is 17.6 Å². The molecule has 0 unspecified atom stereocenters. The Bertz CT molecular complexity index is 649. The number of aliphatic hydroxyl groups is 1. The summed E-state index contributed by atoms with van der Waals surface area (Å²) in [6.45, 7) is 0.444. The largest absolute Gasteiger partial charge is 0.395 e. The molecule has 0 fully saturated rings. The Labute approximate surface area is 121 Å². The van der Waals surface area contributed by atoms with Crippen molar-refractivity contribution in [1.82, 2.24) is 14.9 Å². The highest BCUT2D eigenvalue weighted by Gasteiger charge is 2.08. The smallest absolute Gasteiger partial charge is 0.252 e. The Kier molecular flexibility index (Phi) is 4.93. The molecule has 2 heterocycles. The van der Waals surface area contributed by atoms with Crippen molar-refractivity contribution < 1.29 is 9.90 Å². The van der Waals surface area contributed by atoms with Gasteiger partial charge in [0.25, 0.3) is 5.91 Å². The van der Waals surface area contributed by atoms with E-state index in [0.29, 0.717) is 18.5 Å². The lowest BCUT2D eigenvalue weighted by Gasteiger charge is -2.03. The Morgan fingerprint density at radius 3 is 3.15 bits per heavy atom. The molecule has 0 aromatic carbocycles. The van der Waals surface area contributed by atoms with Gasteiger partial charge in [0.15, 0.2) is 0 Å². The van der Waals surface area contributed by atoms with Crippen molar-refractivity contribution in [3.63, 3.8) is 0 Å². The van der Waals surface area contributed by atoms with Gasteiger partial charge in [-0.15, -0.1) is 11.3 Å². The summed E-state index contributed by atoms with van der Waals surface area (Å²) in [6, 6.07) is 1.75. The third-order valence-corrected chi connectivity index (χ3v) is 3.48. The van der Waals surface area contributed by atoms with E-state index in [1.165, 1.54) is 11.3 Å². The zero-order valence-corrected chi connectivity index (χ0v) is 11.9. The Morgan fingerprint density at radius 2 is 2.45 bits per heavy atom. The summed E-state index contributed by atoms with van der Waals surface area (Å²) in [4.78, 5) is 16.9. The molecule has 2 rings (SSSR count). The molecule has 20 heavy (non-hydrogen) atoms. The topological polar surface area (TPSA) is 67.2 Å². The molecule has 0 spiro atoms. The van der Waals surface area contributed by atoms with Gasteiger partial charge >= 0.3 is 0 Å². The number of carbonyl (C=O) groups is 1. The summed E-state index contributed by atoms with van der Waals surface area (Å²) in [5.74, 6) is 6.41. The minimum absolute atomic E-state index is 0.0510. The first-order valence-electron chi connectivity index (χ1n) is 6.13. The maximum Gasteiger partial charge on any atom is 0.252 e. The van der Waals surface area contributed by atoms with Gasteiger partial charge in [-0.25, -0.2) is 4.98 Å². The van der Waals surface area contributed by atoms with Crippen LogP contribution in [0.2, 0.25) is 0 Å². The van der Waals surface area contributed by atoms with Crippen LogP contribution in [0.15, 0.2) is 23.8 Å². The van der Waals surface area contributed by atoms with Crippen LogP contribution >= 0.6 is 11.3 Å².